The van der Waals surface area contributed by atoms with E-state index in [1.165, 1.54) is 19.3 Å². The van der Waals surface area contributed by atoms with Gasteiger partial charge < -0.3 is 14.8 Å². The van der Waals surface area contributed by atoms with Crippen molar-refractivity contribution in [3.63, 3.8) is 0 Å². The van der Waals surface area contributed by atoms with E-state index in [-0.39, 0.29) is 11.9 Å². The average molecular weight is 357 g/mol. The molecule has 26 heavy (non-hydrogen) atoms. The monoisotopic (exact) mass is 357 g/mol. The van der Waals surface area contributed by atoms with Crippen LogP contribution in [0.2, 0.25) is 0 Å². The van der Waals surface area contributed by atoms with Gasteiger partial charge in [0, 0.05) is 24.2 Å². The van der Waals surface area contributed by atoms with Crippen LogP contribution in [0.5, 0.6) is 11.5 Å². The number of aromatic nitrogens is 2. The van der Waals surface area contributed by atoms with Gasteiger partial charge in [0.15, 0.2) is 5.69 Å². The lowest BCUT2D eigenvalue weighted by Crippen LogP contribution is -2.36. The van der Waals surface area contributed by atoms with Gasteiger partial charge in [-0.2, -0.15) is 5.10 Å². The predicted molar refractivity (Wildman–Crippen MR) is 101 cm³/mol. The third kappa shape index (κ3) is 3.84. The van der Waals surface area contributed by atoms with Crippen LogP contribution in [0.25, 0.3) is 11.3 Å². The molecule has 0 saturated heterocycles. The maximum absolute atomic E-state index is 12.6. The first kappa shape index (κ1) is 18.3. The number of nitrogens with zero attached hydrogens (tertiary/aromatic N) is 2. The van der Waals surface area contributed by atoms with E-state index in [2.05, 4.69) is 10.4 Å². The molecule has 0 spiro atoms. The molecule has 0 radical (unpaired) electrons. The van der Waals surface area contributed by atoms with Crippen molar-refractivity contribution in [1.29, 1.82) is 0 Å². The number of rotatable bonds is 6. The van der Waals surface area contributed by atoms with Crippen molar-refractivity contribution in [1.82, 2.24) is 15.1 Å². The van der Waals surface area contributed by atoms with Crippen molar-refractivity contribution in [2.45, 2.75) is 51.6 Å². The Bertz CT molecular complexity index is 764. The van der Waals surface area contributed by atoms with Crippen molar-refractivity contribution in [2.75, 3.05) is 14.2 Å². The fourth-order valence-corrected chi connectivity index (χ4v) is 3.50. The minimum Gasteiger partial charge on any atom is -0.497 e. The van der Waals surface area contributed by atoms with Crippen LogP contribution >= 0.6 is 0 Å². The highest BCUT2D eigenvalue weighted by Crippen LogP contribution is 2.33. The Balaban J connectivity index is 1.88. The molecule has 140 valence electrons. The molecule has 1 aromatic heterocycles. The average Bonchev–Trinajstić information content (AvgIpc) is 3.12. The Morgan fingerprint density at radius 1 is 1.19 bits per heavy atom. The third-order valence-corrected chi connectivity index (χ3v) is 4.94. The second-order valence-electron chi connectivity index (χ2n) is 6.61. The number of methoxy groups -OCH3 is 2. The SMILES string of the molecule is CCn1nc(C(=O)NC2CCCCC2)cc1-c1ccc(OC)cc1OC. The molecular formula is C20H27N3O3. The van der Waals surface area contributed by atoms with E-state index in [0.717, 1.165) is 29.8 Å². The van der Waals surface area contributed by atoms with Crippen molar-refractivity contribution < 1.29 is 14.3 Å². The minimum absolute atomic E-state index is 0.0992. The molecule has 6 heteroatoms. The largest absolute Gasteiger partial charge is 0.497 e. The molecule has 1 fully saturated rings. The first-order chi connectivity index (χ1) is 12.7. The predicted octanol–water partition coefficient (Wildman–Crippen LogP) is 3.65. The molecule has 3 rings (SSSR count). The lowest BCUT2D eigenvalue weighted by molar-refractivity contribution is 0.0922. The summed E-state index contributed by atoms with van der Waals surface area (Å²) in [6, 6.07) is 7.76. The molecule has 0 unspecified atom stereocenters. The molecule has 1 aliphatic carbocycles. The molecule has 0 atom stereocenters. The second-order valence-corrected chi connectivity index (χ2v) is 6.61. The van der Waals surface area contributed by atoms with Gasteiger partial charge in [0.2, 0.25) is 0 Å². The summed E-state index contributed by atoms with van der Waals surface area (Å²) in [6.07, 6.45) is 5.74. The Hall–Kier alpha value is -2.50. The number of aryl methyl sites for hydroxylation is 1. The zero-order valence-corrected chi connectivity index (χ0v) is 15.7. The van der Waals surface area contributed by atoms with E-state index in [4.69, 9.17) is 9.47 Å². The molecule has 0 aliphatic heterocycles. The highest BCUT2D eigenvalue weighted by molar-refractivity contribution is 5.93. The van der Waals surface area contributed by atoms with Gasteiger partial charge >= 0.3 is 0 Å². The van der Waals surface area contributed by atoms with Crippen molar-refractivity contribution >= 4 is 5.91 Å². The van der Waals surface area contributed by atoms with Crippen LogP contribution in [0.1, 0.15) is 49.5 Å². The fraction of sp³-hybridized carbons (Fsp3) is 0.500. The topological polar surface area (TPSA) is 65.4 Å². The molecule has 1 N–H and O–H groups in total. The minimum atomic E-state index is -0.0992. The Morgan fingerprint density at radius 2 is 1.96 bits per heavy atom. The molecule has 1 saturated carbocycles. The molecule has 1 amide bonds. The van der Waals surface area contributed by atoms with Gasteiger partial charge in [0.1, 0.15) is 11.5 Å². The standard InChI is InChI=1S/C20H27N3O3/c1-4-23-18(16-11-10-15(25-2)12-19(16)26-3)13-17(22-23)20(24)21-14-8-6-5-7-9-14/h10-14H,4-9H2,1-3H3,(H,21,24). The normalized spacial score (nSPS) is 14.9. The van der Waals surface area contributed by atoms with Gasteiger partial charge in [-0.3, -0.25) is 9.48 Å². The number of carbonyl (C=O) groups excluding carboxylic acids is 1. The summed E-state index contributed by atoms with van der Waals surface area (Å²) in [7, 11) is 3.25. The van der Waals surface area contributed by atoms with Gasteiger partial charge in [-0.15, -0.1) is 0 Å². The molecule has 1 aliphatic rings. The van der Waals surface area contributed by atoms with E-state index in [1.807, 2.05) is 35.9 Å². The molecular weight excluding hydrogens is 330 g/mol. The van der Waals surface area contributed by atoms with E-state index in [9.17, 15) is 4.79 Å². The zero-order chi connectivity index (χ0) is 18.5. The molecule has 0 bridgehead atoms. The van der Waals surface area contributed by atoms with E-state index < -0.39 is 0 Å². The maximum Gasteiger partial charge on any atom is 0.272 e. The first-order valence-corrected chi connectivity index (χ1v) is 9.27. The smallest absolute Gasteiger partial charge is 0.272 e. The van der Waals surface area contributed by atoms with Gasteiger partial charge in [-0.05, 0) is 38.0 Å². The van der Waals surface area contributed by atoms with Crippen molar-refractivity contribution in [3.8, 4) is 22.8 Å². The summed E-state index contributed by atoms with van der Waals surface area (Å²) < 4.78 is 12.6. The molecule has 6 nitrogen and oxygen atoms in total. The van der Waals surface area contributed by atoms with Crippen LogP contribution in [0.15, 0.2) is 24.3 Å². The van der Waals surface area contributed by atoms with Gasteiger partial charge in [0.25, 0.3) is 5.91 Å². The number of nitrogens with one attached hydrogen (secondary N) is 1. The summed E-state index contributed by atoms with van der Waals surface area (Å²) >= 11 is 0. The quantitative estimate of drug-likeness (QED) is 0.857. The van der Waals surface area contributed by atoms with Crippen LogP contribution in [0.4, 0.5) is 0 Å². The summed E-state index contributed by atoms with van der Waals surface area (Å²) in [6.45, 7) is 2.68. The maximum atomic E-state index is 12.6. The van der Waals surface area contributed by atoms with Gasteiger partial charge in [-0.25, -0.2) is 0 Å². The van der Waals surface area contributed by atoms with Crippen LogP contribution < -0.4 is 14.8 Å². The summed E-state index contributed by atoms with van der Waals surface area (Å²) in [5, 5.41) is 7.64. The van der Waals surface area contributed by atoms with Crippen molar-refractivity contribution in [2.24, 2.45) is 0 Å². The number of amides is 1. The molecule has 1 aromatic carbocycles. The Kier molecular flexibility index (Phi) is 5.81. The van der Waals surface area contributed by atoms with Gasteiger partial charge in [0.05, 0.1) is 19.9 Å². The van der Waals surface area contributed by atoms with Crippen LogP contribution in [-0.4, -0.2) is 35.9 Å². The summed E-state index contributed by atoms with van der Waals surface area (Å²) in [5.74, 6) is 1.32. The van der Waals surface area contributed by atoms with Crippen LogP contribution in [-0.2, 0) is 6.54 Å². The number of ether oxygens (including phenoxy) is 2. The summed E-state index contributed by atoms with van der Waals surface area (Å²) in [5.41, 5.74) is 2.20. The second kappa shape index (κ2) is 8.25. The highest BCUT2D eigenvalue weighted by atomic mass is 16.5. The first-order valence-electron chi connectivity index (χ1n) is 9.27. The fourth-order valence-electron chi connectivity index (χ4n) is 3.50. The number of benzene rings is 1. The van der Waals surface area contributed by atoms with E-state index in [1.54, 1.807) is 14.2 Å². The van der Waals surface area contributed by atoms with Gasteiger partial charge in [-0.1, -0.05) is 19.3 Å². The van der Waals surface area contributed by atoms with E-state index >= 15 is 0 Å². The van der Waals surface area contributed by atoms with Crippen LogP contribution in [0, 0.1) is 0 Å². The molecule has 2 aromatic rings. The number of carbonyl (C=O) groups is 1. The van der Waals surface area contributed by atoms with Crippen molar-refractivity contribution in [3.05, 3.63) is 30.0 Å². The van der Waals surface area contributed by atoms with E-state index in [0.29, 0.717) is 18.0 Å². The highest BCUT2D eigenvalue weighted by Gasteiger charge is 2.21. The Morgan fingerprint density at radius 3 is 2.62 bits per heavy atom. The zero-order valence-electron chi connectivity index (χ0n) is 15.7. The molecule has 1 heterocycles. The number of hydrogen-bond donors (Lipinski definition) is 1. The summed E-state index contributed by atoms with van der Waals surface area (Å²) in [4.78, 5) is 12.6. The van der Waals surface area contributed by atoms with Crippen LogP contribution in [0.3, 0.4) is 0 Å². The lowest BCUT2D eigenvalue weighted by atomic mass is 9.95. The third-order valence-electron chi connectivity index (χ3n) is 4.94. The lowest BCUT2D eigenvalue weighted by Gasteiger charge is -2.22. The Labute approximate surface area is 154 Å². The number of hydrogen-bond acceptors (Lipinski definition) is 4.